The van der Waals surface area contributed by atoms with Gasteiger partial charge in [0.15, 0.2) is 0 Å². The predicted octanol–water partition coefficient (Wildman–Crippen LogP) is 3.42. The maximum atomic E-state index is 12.4. The third-order valence-electron chi connectivity index (χ3n) is 4.48. The van der Waals surface area contributed by atoms with Gasteiger partial charge in [0.2, 0.25) is 0 Å². The number of nitro groups is 1. The number of nitriles is 1. The summed E-state index contributed by atoms with van der Waals surface area (Å²) in [6, 6.07) is 15.1. The lowest BCUT2D eigenvalue weighted by molar-refractivity contribution is -0.384. The Bertz CT molecular complexity index is 994. The van der Waals surface area contributed by atoms with Crippen molar-refractivity contribution >= 4 is 34.6 Å². The number of nitro benzene ring substituents is 1. The van der Waals surface area contributed by atoms with Gasteiger partial charge in [0, 0.05) is 60.9 Å². The number of rotatable bonds is 5. The molecule has 148 valence electrons. The van der Waals surface area contributed by atoms with Gasteiger partial charge >= 0.3 is 0 Å². The van der Waals surface area contributed by atoms with E-state index in [0.717, 1.165) is 18.8 Å². The Balaban J connectivity index is 1.63. The van der Waals surface area contributed by atoms with Gasteiger partial charge in [-0.2, -0.15) is 5.26 Å². The molecule has 1 aliphatic heterocycles. The maximum Gasteiger partial charge on any atom is 0.271 e. The van der Waals surface area contributed by atoms with Gasteiger partial charge in [0.1, 0.15) is 11.6 Å². The van der Waals surface area contributed by atoms with Crippen molar-refractivity contribution in [2.45, 2.75) is 0 Å². The first-order valence-electron chi connectivity index (χ1n) is 8.88. The van der Waals surface area contributed by atoms with Gasteiger partial charge < -0.3 is 15.1 Å². The average molecular weight is 412 g/mol. The van der Waals surface area contributed by atoms with Crippen LogP contribution in [0, 0.1) is 21.4 Å². The fourth-order valence-electron chi connectivity index (χ4n) is 3.00. The normalized spacial score (nSPS) is 14.3. The van der Waals surface area contributed by atoms with Crippen LogP contribution in [0.25, 0.3) is 0 Å². The van der Waals surface area contributed by atoms with E-state index in [2.05, 4.69) is 10.2 Å². The molecule has 2 aromatic rings. The molecule has 1 amide bonds. The molecule has 3 rings (SSSR count). The van der Waals surface area contributed by atoms with Crippen LogP contribution in [0.1, 0.15) is 0 Å². The molecule has 0 bridgehead atoms. The molecule has 0 atom stereocenters. The highest BCUT2D eigenvalue weighted by atomic mass is 35.5. The van der Waals surface area contributed by atoms with Crippen LogP contribution in [0.15, 0.2) is 60.3 Å². The molecule has 9 heteroatoms. The third kappa shape index (κ3) is 5.24. The number of carbonyl (C=O) groups is 1. The molecule has 2 aromatic carbocycles. The smallest absolute Gasteiger partial charge is 0.271 e. The van der Waals surface area contributed by atoms with Crippen LogP contribution >= 0.6 is 11.6 Å². The van der Waals surface area contributed by atoms with Crippen LogP contribution in [0.4, 0.5) is 17.1 Å². The van der Waals surface area contributed by atoms with Crippen molar-refractivity contribution in [3.8, 4) is 6.07 Å². The van der Waals surface area contributed by atoms with Crippen molar-refractivity contribution in [3.05, 3.63) is 75.4 Å². The van der Waals surface area contributed by atoms with Crippen molar-refractivity contribution in [3.63, 3.8) is 0 Å². The monoisotopic (exact) mass is 411 g/mol. The Morgan fingerprint density at radius 1 is 1.17 bits per heavy atom. The topological polar surface area (TPSA) is 103 Å². The van der Waals surface area contributed by atoms with Crippen LogP contribution < -0.4 is 10.2 Å². The Hall–Kier alpha value is -3.57. The van der Waals surface area contributed by atoms with Crippen LogP contribution in [0.3, 0.4) is 0 Å². The van der Waals surface area contributed by atoms with E-state index in [0.29, 0.717) is 18.1 Å². The van der Waals surface area contributed by atoms with Crippen molar-refractivity contribution in [1.82, 2.24) is 4.90 Å². The van der Waals surface area contributed by atoms with Crippen LogP contribution in [0.5, 0.6) is 0 Å². The van der Waals surface area contributed by atoms with E-state index in [4.69, 9.17) is 11.6 Å². The number of halogens is 1. The zero-order valence-electron chi connectivity index (χ0n) is 15.4. The van der Waals surface area contributed by atoms with Crippen molar-refractivity contribution in [2.75, 3.05) is 36.4 Å². The number of carbonyl (C=O) groups excluding carboxylic acids is 1. The van der Waals surface area contributed by atoms with Gasteiger partial charge in [-0.25, -0.2) is 0 Å². The Kier molecular flexibility index (Phi) is 6.32. The second kappa shape index (κ2) is 9.08. The molecular weight excluding hydrogens is 394 g/mol. The Morgan fingerprint density at radius 2 is 1.90 bits per heavy atom. The fourth-order valence-corrected chi connectivity index (χ4v) is 3.18. The first-order chi connectivity index (χ1) is 14.0. The summed E-state index contributed by atoms with van der Waals surface area (Å²) in [5, 5.41) is 23.4. The second-order valence-corrected chi connectivity index (χ2v) is 6.86. The lowest BCUT2D eigenvalue weighted by Crippen LogP contribution is -2.44. The van der Waals surface area contributed by atoms with Gasteiger partial charge in [-0.05, 0) is 24.3 Å². The minimum Gasteiger partial charge on any atom is -0.373 e. The van der Waals surface area contributed by atoms with E-state index in [9.17, 15) is 20.2 Å². The van der Waals surface area contributed by atoms with E-state index in [1.165, 1.54) is 30.5 Å². The zero-order chi connectivity index (χ0) is 20.8. The van der Waals surface area contributed by atoms with Crippen LogP contribution in [-0.2, 0) is 4.79 Å². The number of hydrogen-bond donors (Lipinski definition) is 1. The van der Waals surface area contributed by atoms with E-state index in [-0.39, 0.29) is 16.9 Å². The molecule has 29 heavy (non-hydrogen) atoms. The molecule has 1 aliphatic rings. The molecule has 8 nitrogen and oxygen atoms in total. The summed E-state index contributed by atoms with van der Waals surface area (Å²) in [4.78, 5) is 26.8. The number of piperazine rings is 1. The van der Waals surface area contributed by atoms with Crippen molar-refractivity contribution < 1.29 is 9.72 Å². The quantitative estimate of drug-likeness (QED) is 0.350. The highest BCUT2D eigenvalue weighted by Crippen LogP contribution is 2.21. The van der Waals surface area contributed by atoms with E-state index >= 15 is 0 Å². The number of hydrogen-bond acceptors (Lipinski definition) is 6. The van der Waals surface area contributed by atoms with Crippen LogP contribution in [-0.4, -0.2) is 41.9 Å². The van der Waals surface area contributed by atoms with Gasteiger partial charge in [-0.15, -0.1) is 0 Å². The van der Waals surface area contributed by atoms with Gasteiger partial charge in [-0.3, -0.25) is 14.9 Å². The maximum absolute atomic E-state index is 12.4. The van der Waals surface area contributed by atoms with Crippen molar-refractivity contribution in [1.29, 1.82) is 5.26 Å². The highest BCUT2D eigenvalue weighted by Gasteiger charge is 2.18. The molecule has 1 saturated heterocycles. The molecule has 1 heterocycles. The summed E-state index contributed by atoms with van der Waals surface area (Å²) in [5.41, 5.74) is 1.09. The van der Waals surface area contributed by atoms with Gasteiger partial charge in [0.05, 0.1) is 4.92 Å². The molecule has 1 N–H and O–H groups in total. The number of benzene rings is 2. The average Bonchev–Trinajstić information content (AvgIpc) is 2.72. The third-order valence-corrected chi connectivity index (χ3v) is 4.71. The number of non-ortho nitro benzene ring substituents is 1. The number of amides is 1. The van der Waals surface area contributed by atoms with Crippen LogP contribution in [0.2, 0.25) is 5.02 Å². The second-order valence-electron chi connectivity index (χ2n) is 6.42. The standard InChI is InChI=1S/C20H18ClN5O3/c21-16-3-1-5-18(11-16)25-9-7-24(8-10-25)14-15(13-22)20(27)23-17-4-2-6-19(12-17)26(28)29/h1-6,11-12,14H,7-10H2,(H,23,27)/b15-14-. The summed E-state index contributed by atoms with van der Waals surface area (Å²) < 4.78 is 0. The summed E-state index contributed by atoms with van der Waals surface area (Å²) in [7, 11) is 0. The van der Waals surface area contributed by atoms with E-state index in [1.54, 1.807) is 0 Å². The Labute approximate surface area is 172 Å². The minimum atomic E-state index is -0.606. The minimum absolute atomic E-state index is 0.0623. The molecular formula is C20H18ClN5O3. The molecule has 0 aromatic heterocycles. The molecule has 0 spiro atoms. The molecule has 0 saturated carbocycles. The summed E-state index contributed by atoms with van der Waals surface area (Å²) in [6.07, 6.45) is 1.53. The Morgan fingerprint density at radius 3 is 2.55 bits per heavy atom. The number of anilines is 2. The first kappa shape index (κ1) is 20.2. The molecule has 1 fully saturated rings. The molecule has 0 aliphatic carbocycles. The van der Waals surface area contributed by atoms with E-state index in [1.807, 2.05) is 35.2 Å². The highest BCUT2D eigenvalue weighted by molar-refractivity contribution is 6.30. The molecule has 0 unspecified atom stereocenters. The van der Waals surface area contributed by atoms with Gasteiger partial charge in [0.25, 0.3) is 11.6 Å². The summed E-state index contributed by atoms with van der Waals surface area (Å²) in [6.45, 7) is 2.73. The molecule has 0 radical (unpaired) electrons. The zero-order valence-corrected chi connectivity index (χ0v) is 16.2. The predicted molar refractivity (Wildman–Crippen MR) is 111 cm³/mol. The van der Waals surface area contributed by atoms with E-state index < -0.39 is 10.8 Å². The first-order valence-corrected chi connectivity index (χ1v) is 9.26. The lowest BCUT2D eigenvalue weighted by Gasteiger charge is -2.35. The van der Waals surface area contributed by atoms with Gasteiger partial charge in [-0.1, -0.05) is 23.7 Å². The summed E-state index contributed by atoms with van der Waals surface area (Å²) in [5.74, 6) is -0.606. The number of nitrogens with one attached hydrogen (secondary N) is 1. The SMILES string of the molecule is N#C/C(=C/N1CCN(c2cccc(Cl)c2)CC1)C(=O)Nc1cccc([N+](=O)[O-])c1. The number of nitrogens with zero attached hydrogens (tertiary/aromatic N) is 4. The van der Waals surface area contributed by atoms with Crippen molar-refractivity contribution in [2.24, 2.45) is 0 Å². The fraction of sp³-hybridized carbons (Fsp3) is 0.200. The summed E-state index contributed by atoms with van der Waals surface area (Å²) >= 11 is 6.04. The largest absolute Gasteiger partial charge is 0.373 e. The lowest BCUT2D eigenvalue weighted by atomic mass is 10.2.